The molecule has 3 nitrogen and oxygen atoms in total. The van der Waals surface area contributed by atoms with E-state index in [1.165, 1.54) is 0 Å². The van der Waals surface area contributed by atoms with Gasteiger partial charge in [0.05, 0.1) is 0 Å². The van der Waals surface area contributed by atoms with E-state index in [0.717, 1.165) is 9.86 Å². The van der Waals surface area contributed by atoms with Crippen LogP contribution in [0.3, 0.4) is 0 Å². The van der Waals surface area contributed by atoms with Gasteiger partial charge in [0.25, 0.3) is 5.91 Å². The third-order valence-corrected chi connectivity index (χ3v) is 2.62. The van der Waals surface area contributed by atoms with Crippen LogP contribution in [0.15, 0.2) is 33.2 Å². The maximum atomic E-state index is 11.7. The first-order chi connectivity index (χ1) is 7.56. The van der Waals surface area contributed by atoms with Gasteiger partial charge in [-0.15, -0.1) is 0 Å². The zero-order chi connectivity index (χ0) is 11.7. The molecular formula is C12H12BrNO2. The Labute approximate surface area is 102 Å². The molecule has 2 rings (SSSR count). The lowest BCUT2D eigenvalue weighted by Gasteiger charge is -2.04. The Balaban J connectivity index is 2.36. The van der Waals surface area contributed by atoms with E-state index in [-0.39, 0.29) is 11.9 Å². The van der Waals surface area contributed by atoms with Crippen LogP contribution < -0.4 is 5.32 Å². The van der Waals surface area contributed by atoms with Gasteiger partial charge in [-0.05, 0) is 38.1 Å². The van der Waals surface area contributed by atoms with Gasteiger partial charge < -0.3 is 9.73 Å². The molecule has 0 bridgehead atoms. The number of halogens is 1. The van der Waals surface area contributed by atoms with Crippen molar-refractivity contribution in [1.29, 1.82) is 0 Å². The molecule has 0 atom stereocenters. The second kappa shape index (κ2) is 4.29. The summed E-state index contributed by atoms with van der Waals surface area (Å²) in [4.78, 5) is 11.7. The number of fused-ring (bicyclic) bond motifs is 1. The average Bonchev–Trinajstić information content (AvgIpc) is 2.59. The lowest BCUT2D eigenvalue weighted by Crippen LogP contribution is -2.29. The van der Waals surface area contributed by atoms with Crippen LogP contribution in [0, 0.1) is 0 Å². The number of hydrogen-bond donors (Lipinski definition) is 1. The number of furan rings is 1. The van der Waals surface area contributed by atoms with E-state index in [4.69, 9.17) is 4.42 Å². The summed E-state index contributed by atoms with van der Waals surface area (Å²) in [7, 11) is 0. The monoisotopic (exact) mass is 281 g/mol. The fourth-order valence-corrected chi connectivity index (χ4v) is 1.79. The molecule has 0 radical (unpaired) electrons. The summed E-state index contributed by atoms with van der Waals surface area (Å²) in [6.07, 6.45) is 0. The van der Waals surface area contributed by atoms with Gasteiger partial charge in [0.2, 0.25) is 0 Å². The molecule has 1 aromatic heterocycles. The Hall–Kier alpha value is -1.29. The highest BCUT2D eigenvalue weighted by atomic mass is 79.9. The minimum atomic E-state index is -0.178. The van der Waals surface area contributed by atoms with Crippen molar-refractivity contribution >= 4 is 32.8 Å². The summed E-state index contributed by atoms with van der Waals surface area (Å²) in [5.41, 5.74) is 0.711. The van der Waals surface area contributed by atoms with Crippen LogP contribution in [-0.4, -0.2) is 11.9 Å². The molecule has 1 aromatic carbocycles. The van der Waals surface area contributed by atoms with Crippen LogP contribution in [0.2, 0.25) is 0 Å². The second-order valence-corrected chi connectivity index (χ2v) is 4.84. The number of nitrogens with one attached hydrogen (secondary N) is 1. The molecule has 0 unspecified atom stereocenters. The standard InChI is InChI=1S/C12H12BrNO2/c1-7(2)14-12(15)11-5-8-3-4-9(13)6-10(8)16-11/h3-7H,1-2H3,(H,14,15). The Kier molecular flexibility index (Phi) is 3.01. The molecule has 0 aliphatic carbocycles. The van der Waals surface area contributed by atoms with Crippen molar-refractivity contribution in [2.75, 3.05) is 0 Å². The molecule has 2 aromatic rings. The summed E-state index contributed by atoms with van der Waals surface area (Å²) in [5, 5.41) is 3.72. The summed E-state index contributed by atoms with van der Waals surface area (Å²) in [5.74, 6) is 0.170. The molecule has 4 heteroatoms. The predicted octanol–water partition coefficient (Wildman–Crippen LogP) is 3.33. The molecule has 0 saturated heterocycles. The van der Waals surface area contributed by atoms with Crippen LogP contribution in [-0.2, 0) is 0 Å². The highest BCUT2D eigenvalue weighted by molar-refractivity contribution is 9.10. The highest BCUT2D eigenvalue weighted by Crippen LogP contribution is 2.23. The minimum absolute atomic E-state index is 0.104. The number of carbonyl (C=O) groups is 1. The third kappa shape index (κ3) is 2.27. The number of hydrogen-bond acceptors (Lipinski definition) is 2. The first-order valence-corrected chi connectivity index (χ1v) is 5.85. The lowest BCUT2D eigenvalue weighted by molar-refractivity contribution is 0.0917. The Morgan fingerprint density at radius 2 is 2.12 bits per heavy atom. The maximum Gasteiger partial charge on any atom is 0.287 e. The highest BCUT2D eigenvalue weighted by Gasteiger charge is 2.12. The number of carbonyl (C=O) groups excluding carboxylic acids is 1. The normalized spacial score (nSPS) is 11.0. The molecule has 1 heterocycles. The molecule has 16 heavy (non-hydrogen) atoms. The van der Waals surface area contributed by atoms with Gasteiger partial charge in [0, 0.05) is 15.9 Å². The quantitative estimate of drug-likeness (QED) is 0.918. The predicted molar refractivity (Wildman–Crippen MR) is 66.5 cm³/mol. The first-order valence-electron chi connectivity index (χ1n) is 5.06. The van der Waals surface area contributed by atoms with E-state index < -0.39 is 0 Å². The molecule has 0 aliphatic heterocycles. The SMILES string of the molecule is CC(C)NC(=O)c1cc2ccc(Br)cc2o1. The molecule has 1 amide bonds. The van der Waals surface area contributed by atoms with Gasteiger partial charge in [-0.2, -0.15) is 0 Å². The molecule has 0 fully saturated rings. The molecule has 0 spiro atoms. The van der Waals surface area contributed by atoms with Crippen LogP contribution in [0.5, 0.6) is 0 Å². The van der Waals surface area contributed by atoms with Crippen molar-refractivity contribution in [1.82, 2.24) is 5.32 Å². The van der Waals surface area contributed by atoms with Gasteiger partial charge in [-0.3, -0.25) is 4.79 Å². The number of rotatable bonds is 2. The van der Waals surface area contributed by atoms with Crippen LogP contribution in [0.4, 0.5) is 0 Å². The Morgan fingerprint density at radius 3 is 2.81 bits per heavy atom. The van der Waals surface area contributed by atoms with Gasteiger partial charge >= 0.3 is 0 Å². The van der Waals surface area contributed by atoms with Gasteiger partial charge in [0.15, 0.2) is 5.76 Å². The third-order valence-electron chi connectivity index (χ3n) is 2.13. The smallest absolute Gasteiger partial charge is 0.287 e. The van der Waals surface area contributed by atoms with E-state index >= 15 is 0 Å². The van der Waals surface area contributed by atoms with E-state index in [9.17, 15) is 4.79 Å². The largest absolute Gasteiger partial charge is 0.451 e. The van der Waals surface area contributed by atoms with Crippen molar-refractivity contribution in [3.8, 4) is 0 Å². The van der Waals surface area contributed by atoms with Crippen LogP contribution >= 0.6 is 15.9 Å². The van der Waals surface area contributed by atoms with Crippen molar-refractivity contribution < 1.29 is 9.21 Å². The summed E-state index contributed by atoms with van der Waals surface area (Å²) < 4.78 is 6.40. The van der Waals surface area contributed by atoms with Gasteiger partial charge in [-0.1, -0.05) is 15.9 Å². The zero-order valence-electron chi connectivity index (χ0n) is 9.08. The Bertz CT molecular complexity index is 531. The first kappa shape index (κ1) is 11.2. The Morgan fingerprint density at radius 1 is 1.38 bits per heavy atom. The van der Waals surface area contributed by atoms with Gasteiger partial charge in [0.1, 0.15) is 5.58 Å². The van der Waals surface area contributed by atoms with Crippen molar-refractivity contribution in [2.45, 2.75) is 19.9 Å². The minimum Gasteiger partial charge on any atom is -0.451 e. The molecule has 0 saturated carbocycles. The van der Waals surface area contributed by atoms with E-state index in [2.05, 4.69) is 21.2 Å². The lowest BCUT2D eigenvalue weighted by atomic mass is 10.2. The van der Waals surface area contributed by atoms with E-state index in [1.807, 2.05) is 32.0 Å². The number of amides is 1. The average molecular weight is 282 g/mol. The van der Waals surface area contributed by atoms with Crippen LogP contribution in [0.1, 0.15) is 24.4 Å². The summed E-state index contributed by atoms with van der Waals surface area (Å²) in [6, 6.07) is 7.53. The molecular weight excluding hydrogens is 270 g/mol. The summed E-state index contributed by atoms with van der Waals surface area (Å²) in [6.45, 7) is 3.83. The molecule has 84 valence electrons. The maximum absolute atomic E-state index is 11.7. The second-order valence-electron chi connectivity index (χ2n) is 3.92. The zero-order valence-corrected chi connectivity index (χ0v) is 10.7. The van der Waals surface area contributed by atoms with E-state index in [1.54, 1.807) is 6.07 Å². The fourth-order valence-electron chi connectivity index (χ4n) is 1.45. The molecule has 0 aliphatic rings. The van der Waals surface area contributed by atoms with E-state index in [0.29, 0.717) is 11.3 Å². The van der Waals surface area contributed by atoms with Crippen molar-refractivity contribution in [2.24, 2.45) is 0 Å². The van der Waals surface area contributed by atoms with Crippen molar-refractivity contribution in [3.05, 3.63) is 34.5 Å². The van der Waals surface area contributed by atoms with Crippen LogP contribution in [0.25, 0.3) is 11.0 Å². The summed E-state index contributed by atoms with van der Waals surface area (Å²) >= 11 is 3.36. The van der Waals surface area contributed by atoms with Crippen molar-refractivity contribution in [3.63, 3.8) is 0 Å². The molecule has 1 N–H and O–H groups in total. The topological polar surface area (TPSA) is 42.2 Å². The fraction of sp³-hybridized carbons (Fsp3) is 0.250. The van der Waals surface area contributed by atoms with Gasteiger partial charge in [-0.25, -0.2) is 0 Å². The number of benzene rings is 1.